The summed E-state index contributed by atoms with van der Waals surface area (Å²) in [6.45, 7) is 10.9. The van der Waals surface area contributed by atoms with E-state index < -0.39 is 0 Å². The zero-order valence-corrected chi connectivity index (χ0v) is 16.9. The number of piperidine rings is 1. The van der Waals surface area contributed by atoms with Crippen LogP contribution in [0.15, 0.2) is 57.5 Å². The maximum atomic E-state index is 5.42. The number of rotatable bonds is 8. The lowest BCUT2D eigenvalue weighted by molar-refractivity contribution is 0.221. The largest absolute Gasteiger partial charge is 0.469 e. The summed E-state index contributed by atoms with van der Waals surface area (Å²) in [6, 6.07) is 8.60. The van der Waals surface area contributed by atoms with Gasteiger partial charge in [-0.05, 0) is 43.3 Å². The molecule has 3 heterocycles. The molecule has 0 saturated carbocycles. The van der Waals surface area contributed by atoms with Gasteiger partial charge in [-0.2, -0.15) is 0 Å². The van der Waals surface area contributed by atoms with Crippen LogP contribution in [-0.4, -0.2) is 43.1 Å². The molecule has 5 nitrogen and oxygen atoms in total. The zero-order valence-electron chi connectivity index (χ0n) is 16.1. The first-order valence-corrected chi connectivity index (χ1v) is 10.5. The second-order valence-electron chi connectivity index (χ2n) is 7.15. The Morgan fingerprint density at radius 3 is 2.85 bits per heavy atom. The minimum absolute atomic E-state index is 0.463. The average Bonchev–Trinajstić information content (AvgIpc) is 3.34. The smallest absolute Gasteiger partial charge is 0.191 e. The molecule has 0 amide bonds. The van der Waals surface area contributed by atoms with Crippen molar-refractivity contribution in [2.24, 2.45) is 4.99 Å². The molecule has 1 aliphatic heterocycles. The van der Waals surface area contributed by atoms with Gasteiger partial charge >= 0.3 is 0 Å². The molecular formula is C21H30N4OS. The number of aliphatic imine (C=N–C) groups is 1. The van der Waals surface area contributed by atoms with Gasteiger partial charge in [0, 0.05) is 43.5 Å². The molecule has 2 aromatic heterocycles. The Morgan fingerprint density at radius 2 is 2.19 bits per heavy atom. The summed E-state index contributed by atoms with van der Waals surface area (Å²) < 4.78 is 5.42. The van der Waals surface area contributed by atoms with E-state index in [1.807, 2.05) is 12.1 Å². The number of furan rings is 1. The van der Waals surface area contributed by atoms with Crippen LogP contribution in [-0.2, 0) is 13.0 Å². The molecule has 146 valence electrons. The van der Waals surface area contributed by atoms with Gasteiger partial charge in [-0.3, -0.25) is 4.90 Å². The summed E-state index contributed by atoms with van der Waals surface area (Å²) in [4.78, 5) is 8.55. The summed E-state index contributed by atoms with van der Waals surface area (Å²) in [5, 5.41) is 9.20. The van der Waals surface area contributed by atoms with E-state index in [2.05, 4.69) is 46.5 Å². The number of hydrogen-bond acceptors (Lipinski definition) is 4. The van der Waals surface area contributed by atoms with Crippen LogP contribution in [0.4, 0.5) is 0 Å². The Balaban J connectivity index is 1.51. The summed E-state index contributed by atoms with van der Waals surface area (Å²) in [7, 11) is 0. The lowest BCUT2D eigenvalue weighted by atomic mass is 10.0. The second kappa shape index (κ2) is 10.3. The molecule has 6 heteroatoms. The van der Waals surface area contributed by atoms with Crippen molar-refractivity contribution >= 4 is 17.3 Å². The van der Waals surface area contributed by atoms with E-state index in [1.54, 1.807) is 17.6 Å². The van der Waals surface area contributed by atoms with Crippen molar-refractivity contribution in [3.05, 3.63) is 58.7 Å². The van der Waals surface area contributed by atoms with Crippen molar-refractivity contribution in [1.29, 1.82) is 0 Å². The number of guanidine groups is 1. The van der Waals surface area contributed by atoms with Gasteiger partial charge in [0.05, 0.1) is 12.8 Å². The van der Waals surface area contributed by atoms with Gasteiger partial charge in [0.1, 0.15) is 5.76 Å². The van der Waals surface area contributed by atoms with Gasteiger partial charge in [-0.1, -0.05) is 18.2 Å². The molecule has 27 heavy (non-hydrogen) atoms. The first-order chi connectivity index (χ1) is 13.2. The monoisotopic (exact) mass is 386 g/mol. The fraction of sp³-hybridized carbons (Fsp3) is 0.476. The Kier molecular flexibility index (Phi) is 7.54. The molecular weight excluding hydrogens is 356 g/mol. The van der Waals surface area contributed by atoms with Crippen molar-refractivity contribution in [3.8, 4) is 0 Å². The average molecular weight is 387 g/mol. The van der Waals surface area contributed by atoms with Crippen LogP contribution in [0.3, 0.4) is 0 Å². The molecule has 2 aromatic rings. The van der Waals surface area contributed by atoms with Crippen molar-refractivity contribution in [2.75, 3.05) is 26.2 Å². The number of likely N-dealkylation sites (tertiary alicyclic amines) is 1. The maximum Gasteiger partial charge on any atom is 0.191 e. The third-order valence-electron chi connectivity index (χ3n) is 4.64. The van der Waals surface area contributed by atoms with Crippen molar-refractivity contribution in [2.45, 2.75) is 38.8 Å². The lowest BCUT2D eigenvalue weighted by Gasteiger charge is -2.33. The van der Waals surface area contributed by atoms with Crippen LogP contribution in [0.25, 0.3) is 0 Å². The molecule has 0 atom stereocenters. The predicted molar refractivity (Wildman–Crippen MR) is 113 cm³/mol. The highest BCUT2D eigenvalue weighted by Gasteiger charge is 2.19. The standard InChI is InChI=1S/C21H30N4OS/c1-17(2)16-25-11-8-18(9-12-25)24-21(23-15-20-6-4-14-27-20)22-10-7-19-5-3-13-26-19/h3-6,13-14,18H,1,7-12,15-16H2,2H3,(H2,22,23,24). The second-order valence-corrected chi connectivity index (χ2v) is 8.18. The number of nitrogens with zero attached hydrogens (tertiary/aromatic N) is 2. The van der Waals surface area contributed by atoms with E-state index in [0.717, 1.165) is 57.2 Å². The van der Waals surface area contributed by atoms with Gasteiger partial charge in [0.15, 0.2) is 5.96 Å². The molecule has 0 radical (unpaired) electrons. The topological polar surface area (TPSA) is 52.8 Å². The quantitative estimate of drug-likeness (QED) is 0.413. The maximum absolute atomic E-state index is 5.42. The van der Waals surface area contributed by atoms with Gasteiger partial charge in [-0.25, -0.2) is 4.99 Å². The van der Waals surface area contributed by atoms with Crippen molar-refractivity contribution in [1.82, 2.24) is 15.5 Å². The molecule has 1 aliphatic rings. The van der Waals surface area contributed by atoms with E-state index in [1.165, 1.54) is 10.5 Å². The molecule has 2 N–H and O–H groups in total. The van der Waals surface area contributed by atoms with E-state index >= 15 is 0 Å². The lowest BCUT2D eigenvalue weighted by Crippen LogP contribution is -2.49. The number of thiophene rings is 1. The minimum Gasteiger partial charge on any atom is -0.469 e. The molecule has 1 saturated heterocycles. The Labute approximate surface area is 166 Å². The van der Waals surface area contributed by atoms with Crippen LogP contribution >= 0.6 is 11.3 Å². The number of nitrogens with one attached hydrogen (secondary N) is 2. The van der Waals surface area contributed by atoms with E-state index in [0.29, 0.717) is 12.6 Å². The Morgan fingerprint density at radius 1 is 1.33 bits per heavy atom. The molecule has 1 fully saturated rings. The van der Waals surface area contributed by atoms with Crippen LogP contribution in [0.5, 0.6) is 0 Å². The van der Waals surface area contributed by atoms with Gasteiger partial charge < -0.3 is 15.1 Å². The summed E-state index contributed by atoms with van der Waals surface area (Å²) >= 11 is 1.75. The summed E-state index contributed by atoms with van der Waals surface area (Å²) in [5.41, 5.74) is 1.24. The molecule has 0 unspecified atom stereocenters. The van der Waals surface area contributed by atoms with E-state index in [4.69, 9.17) is 9.41 Å². The van der Waals surface area contributed by atoms with Gasteiger partial charge in [0.2, 0.25) is 0 Å². The molecule has 0 aliphatic carbocycles. The normalized spacial score (nSPS) is 16.4. The van der Waals surface area contributed by atoms with E-state index in [9.17, 15) is 0 Å². The Bertz CT molecular complexity index is 701. The third-order valence-corrected chi connectivity index (χ3v) is 5.50. The minimum atomic E-state index is 0.463. The van der Waals surface area contributed by atoms with Crippen LogP contribution in [0.2, 0.25) is 0 Å². The highest BCUT2D eigenvalue weighted by Crippen LogP contribution is 2.12. The first kappa shape index (κ1) is 19.7. The molecule has 0 spiro atoms. The first-order valence-electron chi connectivity index (χ1n) is 9.65. The van der Waals surface area contributed by atoms with E-state index in [-0.39, 0.29) is 0 Å². The fourth-order valence-corrected chi connectivity index (χ4v) is 3.91. The summed E-state index contributed by atoms with van der Waals surface area (Å²) in [5.74, 6) is 1.89. The Hall–Kier alpha value is -2.05. The van der Waals surface area contributed by atoms with Gasteiger partial charge in [-0.15, -0.1) is 11.3 Å². The van der Waals surface area contributed by atoms with Crippen LogP contribution < -0.4 is 10.6 Å². The molecule has 0 bridgehead atoms. The number of hydrogen-bond donors (Lipinski definition) is 2. The molecule has 0 aromatic carbocycles. The SMILES string of the molecule is C=C(C)CN1CCC(NC(=NCc2cccs2)NCCc2ccco2)CC1. The molecule has 3 rings (SSSR count). The van der Waals surface area contributed by atoms with Crippen molar-refractivity contribution < 1.29 is 4.42 Å². The zero-order chi connectivity index (χ0) is 18.9. The van der Waals surface area contributed by atoms with Crippen LogP contribution in [0, 0.1) is 0 Å². The van der Waals surface area contributed by atoms with Gasteiger partial charge in [0.25, 0.3) is 0 Å². The van der Waals surface area contributed by atoms with Crippen LogP contribution in [0.1, 0.15) is 30.4 Å². The fourth-order valence-electron chi connectivity index (χ4n) is 3.28. The van der Waals surface area contributed by atoms with Crippen molar-refractivity contribution in [3.63, 3.8) is 0 Å². The summed E-state index contributed by atoms with van der Waals surface area (Å²) in [6.07, 6.45) is 4.83. The highest BCUT2D eigenvalue weighted by molar-refractivity contribution is 7.09. The highest BCUT2D eigenvalue weighted by atomic mass is 32.1. The third kappa shape index (κ3) is 6.88. The predicted octanol–water partition coefficient (Wildman–Crippen LogP) is 3.66.